The van der Waals surface area contributed by atoms with E-state index >= 15 is 0 Å². The van der Waals surface area contributed by atoms with Gasteiger partial charge >= 0.3 is 5.97 Å². The number of carboxylic acid groups (broad SMARTS) is 1. The molecule has 2 rings (SSSR count). The second-order valence-corrected chi connectivity index (χ2v) is 6.93. The molecule has 0 aliphatic heterocycles. The molecule has 7 nitrogen and oxygen atoms in total. The van der Waals surface area contributed by atoms with E-state index < -0.39 is 12.6 Å². The predicted molar refractivity (Wildman–Crippen MR) is 106 cm³/mol. The number of carboxylic acids is 1. The summed E-state index contributed by atoms with van der Waals surface area (Å²) in [7, 11) is 0. The predicted octanol–water partition coefficient (Wildman–Crippen LogP) is 3.32. The highest BCUT2D eigenvalue weighted by atomic mass is 16.5. The van der Waals surface area contributed by atoms with Gasteiger partial charge in [-0.3, -0.25) is 9.59 Å². The molecule has 0 atom stereocenters. The molecular weight excluding hydrogens is 360 g/mol. The zero-order chi connectivity index (χ0) is 20.7. The molecule has 0 fully saturated rings. The number of carbonyl (C=O) groups excluding carboxylic acids is 2. The number of ether oxygens (including phenoxy) is 1. The van der Waals surface area contributed by atoms with Gasteiger partial charge in [-0.05, 0) is 62.7 Å². The van der Waals surface area contributed by atoms with Gasteiger partial charge in [0.25, 0.3) is 11.8 Å². The van der Waals surface area contributed by atoms with E-state index in [1.807, 2.05) is 20.8 Å². The number of aliphatic carboxylic acids is 1. The van der Waals surface area contributed by atoms with E-state index in [1.165, 1.54) is 6.07 Å². The summed E-state index contributed by atoms with van der Waals surface area (Å²) in [6.45, 7) is 5.42. The normalized spacial score (nSPS) is 10.8. The molecule has 2 aromatic carbocycles. The number of benzene rings is 2. The summed E-state index contributed by atoms with van der Waals surface area (Å²) >= 11 is 0. The van der Waals surface area contributed by atoms with Gasteiger partial charge in [-0.15, -0.1) is 0 Å². The minimum absolute atomic E-state index is 0.173. The van der Waals surface area contributed by atoms with Gasteiger partial charge in [0.2, 0.25) is 0 Å². The average molecular weight is 384 g/mol. The minimum Gasteiger partial charge on any atom is -0.482 e. The molecular formula is C21H24N2O5. The fourth-order valence-electron chi connectivity index (χ4n) is 2.25. The lowest BCUT2D eigenvalue weighted by Crippen LogP contribution is -2.42. The fourth-order valence-corrected chi connectivity index (χ4v) is 2.25. The van der Waals surface area contributed by atoms with E-state index in [0.29, 0.717) is 22.6 Å². The van der Waals surface area contributed by atoms with Crippen LogP contribution in [0.5, 0.6) is 5.75 Å². The summed E-state index contributed by atoms with van der Waals surface area (Å²) < 4.78 is 5.08. The van der Waals surface area contributed by atoms with Gasteiger partial charge in [0.15, 0.2) is 6.61 Å². The van der Waals surface area contributed by atoms with Crippen LogP contribution in [0.4, 0.5) is 5.69 Å². The second kappa shape index (κ2) is 9.03. The summed E-state index contributed by atoms with van der Waals surface area (Å²) in [5.74, 6) is -1.35. The molecule has 0 radical (unpaired) electrons. The molecule has 0 saturated heterocycles. The highest BCUT2D eigenvalue weighted by molar-refractivity contribution is 6.04. The lowest BCUT2D eigenvalue weighted by molar-refractivity contribution is -0.139. The Kier molecular flexibility index (Phi) is 6.76. The zero-order valence-electron chi connectivity index (χ0n) is 16.1. The Balaban J connectivity index is 2.02. The molecule has 28 heavy (non-hydrogen) atoms. The molecule has 0 bridgehead atoms. The van der Waals surface area contributed by atoms with Crippen LogP contribution in [0.1, 0.15) is 47.9 Å². The van der Waals surface area contributed by atoms with E-state index in [9.17, 15) is 14.4 Å². The Labute approximate surface area is 163 Å². The summed E-state index contributed by atoms with van der Waals surface area (Å²) in [6.07, 6.45) is 0.808. The van der Waals surface area contributed by atoms with Crippen molar-refractivity contribution in [2.24, 2.45) is 0 Å². The number of amides is 2. The zero-order valence-corrected chi connectivity index (χ0v) is 16.1. The summed E-state index contributed by atoms with van der Waals surface area (Å²) in [4.78, 5) is 35.2. The number of nitrogens with one attached hydrogen (secondary N) is 2. The Bertz CT molecular complexity index is 859. The lowest BCUT2D eigenvalue weighted by Gasteiger charge is -2.24. The van der Waals surface area contributed by atoms with Crippen LogP contribution < -0.4 is 15.4 Å². The number of carbonyl (C=O) groups is 3. The first-order valence-corrected chi connectivity index (χ1v) is 8.89. The molecule has 2 aromatic rings. The van der Waals surface area contributed by atoms with Crippen molar-refractivity contribution in [3.8, 4) is 5.75 Å². The molecule has 0 unspecified atom stereocenters. The molecule has 0 saturated carbocycles. The minimum atomic E-state index is -1.10. The summed E-state index contributed by atoms with van der Waals surface area (Å²) in [5, 5.41) is 14.3. The molecule has 0 aromatic heterocycles. The van der Waals surface area contributed by atoms with Crippen LogP contribution in [0.3, 0.4) is 0 Å². The highest BCUT2D eigenvalue weighted by Crippen LogP contribution is 2.17. The van der Waals surface area contributed by atoms with Gasteiger partial charge in [-0.1, -0.05) is 13.0 Å². The van der Waals surface area contributed by atoms with E-state index in [0.717, 1.165) is 6.42 Å². The molecule has 0 heterocycles. The van der Waals surface area contributed by atoms with E-state index in [1.54, 1.807) is 42.5 Å². The van der Waals surface area contributed by atoms with Gasteiger partial charge in [-0.25, -0.2) is 4.79 Å². The number of anilines is 1. The second-order valence-electron chi connectivity index (χ2n) is 6.93. The molecule has 0 aliphatic carbocycles. The van der Waals surface area contributed by atoms with Crippen LogP contribution in [0.2, 0.25) is 0 Å². The topological polar surface area (TPSA) is 105 Å². The Morgan fingerprint density at radius 1 is 1.00 bits per heavy atom. The maximum absolute atomic E-state index is 12.4. The molecule has 7 heteroatoms. The van der Waals surface area contributed by atoms with Gasteiger partial charge in [-0.2, -0.15) is 0 Å². The Hall–Kier alpha value is -3.35. The molecule has 2 amide bonds. The Morgan fingerprint density at radius 2 is 1.68 bits per heavy atom. The first kappa shape index (κ1) is 21.0. The maximum atomic E-state index is 12.4. The summed E-state index contributed by atoms with van der Waals surface area (Å²) in [5.41, 5.74) is 1.07. The quantitative estimate of drug-likeness (QED) is 0.648. The van der Waals surface area contributed by atoms with Crippen molar-refractivity contribution >= 4 is 23.5 Å². The third-order valence-electron chi connectivity index (χ3n) is 4.20. The van der Waals surface area contributed by atoms with Crippen LogP contribution in [0.25, 0.3) is 0 Å². The first-order valence-electron chi connectivity index (χ1n) is 8.89. The maximum Gasteiger partial charge on any atom is 0.341 e. The highest BCUT2D eigenvalue weighted by Gasteiger charge is 2.18. The molecule has 148 valence electrons. The lowest BCUT2D eigenvalue weighted by atomic mass is 10.0. The third-order valence-corrected chi connectivity index (χ3v) is 4.20. The van der Waals surface area contributed by atoms with Gasteiger partial charge in [0.05, 0.1) is 0 Å². The molecule has 0 spiro atoms. The Morgan fingerprint density at radius 3 is 2.29 bits per heavy atom. The fraction of sp³-hybridized carbons (Fsp3) is 0.286. The standard InChI is InChI=1S/C21H24N2O5/c1-4-21(2,3)23-20(27)14-8-10-16(11-9-14)22-19(26)15-6-5-7-17(12-15)28-13-18(24)25/h5-12H,4,13H2,1-3H3,(H,22,26)(H,23,27)(H,24,25). The van der Waals surface area contributed by atoms with Crippen molar-refractivity contribution in [2.45, 2.75) is 32.7 Å². The van der Waals surface area contributed by atoms with Crippen molar-refractivity contribution in [3.05, 3.63) is 59.7 Å². The van der Waals surface area contributed by atoms with Gasteiger partial charge in [0.1, 0.15) is 5.75 Å². The van der Waals surface area contributed by atoms with E-state index in [-0.39, 0.29) is 17.4 Å². The largest absolute Gasteiger partial charge is 0.482 e. The van der Waals surface area contributed by atoms with Crippen LogP contribution in [0, 0.1) is 0 Å². The third kappa shape index (κ3) is 6.12. The van der Waals surface area contributed by atoms with Gasteiger partial charge < -0.3 is 20.5 Å². The van der Waals surface area contributed by atoms with Crippen molar-refractivity contribution in [3.63, 3.8) is 0 Å². The average Bonchev–Trinajstić information content (AvgIpc) is 2.66. The smallest absolute Gasteiger partial charge is 0.341 e. The van der Waals surface area contributed by atoms with Crippen molar-refractivity contribution in [2.75, 3.05) is 11.9 Å². The first-order chi connectivity index (χ1) is 13.2. The summed E-state index contributed by atoms with van der Waals surface area (Å²) in [6, 6.07) is 12.8. The van der Waals surface area contributed by atoms with Crippen LogP contribution in [-0.2, 0) is 4.79 Å². The number of hydrogen-bond donors (Lipinski definition) is 3. The molecule has 0 aliphatic rings. The van der Waals surface area contributed by atoms with Crippen LogP contribution in [-0.4, -0.2) is 35.0 Å². The van der Waals surface area contributed by atoms with E-state index in [4.69, 9.17) is 9.84 Å². The van der Waals surface area contributed by atoms with Crippen molar-refractivity contribution in [1.29, 1.82) is 0 Å². The van der Waals surface area contributed by atoms with Crippen molar-refractivity contribution < 1.29 is 24.2 Å². The number of rotatable bonds is 8. The SMILES string of the molecule is CCC(C)(C)NC(=O)c1ccc(NC(=O)c2cccc(OCC(=O)O)c2)cc1. The molecule has 3 N–H and O–H groups in total. The van der Waals surface area contributed by atoms with Gasteiger partial charge in [0, 0.05) is 22.4 Å². The monoisotopic (exact) mass is 384 g/mol. The number of hydrogen-bond acceptors (Lipinski definition) is 4. The van der Waals surface area contributed by atoms with Crippen molar-refractivity contribution in [1.82, 2.24) is 5.32 Å². The van der Waals surface area contributed by atoms with E-state index in [2.05, 4.69) is 10.6 Å². The van der Waals surface area contributed by atoms with Crippen LogP contribution in [0.15, 0.2) is 48.5 Å². The van der Waals surface area contributed by atoms with Crippen LogP contribution >= 0.6 is 0 Å².